The van der Waals surface area contributed by atoms with Crippen LogP contribution in [0.3, 0.4) is 0 Å². The minimum absolute atomic E-state index is 0.372. The van der Waals surface area contributed by atoms with Gasteiger partial charge in [-0.25, -0.2) is 9.97 Å². The lowest BCUT2D eigenvalue weighted by Crippen LogP contribution is -2.30. The van der Waals surface area contributed by atoms with Crippen LogP contribution in [0, 0.1) is 11.8 Å². The highest BCUT2D eigenvalue weighted by atomic mass is 15.2. The Morgan fingerprint density at radius 3 is 2.21 bits per heavy atom. The summed E-state index contributed by atoms with van der Waals surface area (Å²) in [6, 6.07) is 0. The molecule has 2 aliphatic rings. The van der Waals surface area contributed by atoms with Gasteiger partial charge in [0, 0.05) is 18.7 Å². The Kier molecular flexibility index (Phi) is 3.33. The first-order valence-corrected chi connectivity index (χ1v) is 7.50. The summed E-state index contributed by atoms with van der Waals surface area (Å²) in [7, 11) is 0. The maximum Gasteiger partial charge on any atom is 0.137 e. The largest absolute Gasteiger partial charge is 0.383 e. The topological polar surface area (TPSA) is 55.0 Å². The van der Waals surface area contributed by atoms with Gasteiger partial charge in [-0.15, -0.1) is 0 Å². The van der Waals surface area contributed by atoms with Gasteiger partial charge in [0.2, 0.25) is 0 Å². The standard InChI is InChI=1S/C15H24N4/c1-10(2)13-14(16)17-9-18-15(13)19(7-11-3-4-11)8-12-5-6-12/h9-12H,3-8H2,1-2H3,(H2,16,17,18). The molecule has 0 unspecified atom stereocenters. The SMILES string of the molecule is CC(C)c1c(N)ncnc1N(CC1CC1)CC1CC1. The molecule has 0 aliphatic heterocycles. The van der Waals surface area contributed by atoms with Crippen molar-refractivity contribution in [3.63, 3.8) is 0 Å². The molecule has 2 saturated carbocycles. The van der Waals surface area contributed by atoms with E-state index in [9.17, 15) is 0 Å². The normalized spacial score (nSPS) is 18.9. The fourth-order valence-corrected chi connectivity index (χ4v) is 2.68. The number of hydrogen-bond donors (Lipinski definition) is 1. The van der Waals surface area contributed by atoms with Gasteiger partial charge in [-0.05, 0) is 43.4 Å². The lowest BCUT2D eigenvalue weighted by atomic mass is 10.0. The van der Waals surface area contributed by atoms with Crippen molar-refractivity contribution in [2.75, 3.05) is 23.7 Å². The molecule has 2 fully saturated rings. The van der Waals surface area contributed by atoms with Crippen LogP contribution in [0.1, 0.15) is 51.0 Å². The van der Waals surface area contributed by atoms with Crippen LogP contribution in [0.2, 0.25) is 0 Å². The van der Waals surface area contributed by atoms with Gasteiger partial charge in [-0.1, -0.05) is 13.8 Å². The lowest BCUT2D eigenvalue weighted by Gasteiger charge is -2.27. The van der Waals surface area contributed by atoms with Crippen LogP contribution in [-0.2, 0) is 0 Å². The number of anilines is 2. The van der Waals surface area contributed by atoms with E-state index in [-0.39, 0.29) is 0 Å². The van der Waals surface area contributed by atoms with E-state index < -0.39 is 0 Å². The Labute approximate surface area is 115 Å². The number of nitrogens with zero attached hydrogens (tertiary/aromatic N) is 3. The van der Waals surface area contributed by atoms with Crippen molar-refractivity contribution in [3.8, 4) is 0 Å². The fourth-order valence-electron chi connectivity index (χ4n) is 2.68. The molecule has 4 heteroatoms. The molecule has 2 N–H and O–H groups in total. The summed E-state index contributed by atoms with van der Waals surface area (Å²) in [6.45, 7) is 6.63. The number of rotatable bonds is 6. The predicted molar refractivity (Wildman–Crippen MR) is 78.2 cm³/mol. The van der Waals surface area contributed by atoms with Crippen LogP contribution < -0.4 is 10.6 Å². The van der Waals surface area contributed by atoms with Crippen molar-refractivity contribution in [3.05, 3.63) is 11.9 Å². The third-order valence-corrected chi connectivity index (χ3v) is 4.12. The number of hydrogen-bond acceptors (Lipinski definition) is 4. The zero-order valence-electron chi connectivity index (χ0n) is 12.0. The molecular weight excluding hydrogens is 236 g/mol. The van der Waals surface area contributed by atoms with E-state index >= 15 is 0 Å². The molecular formula is C15H24N4. The first-order chi connectivity index (χ1) is 9.15. The van der Waals surface area contributed by atoms with Crippen LogP contribution in [-0.4, -0.2) is 23.1 Å². The van der Waals surface area contributed by atoms with Crippen molar-refractivity contribution in [2.24, 2.45) is 11.8 Å². The Hall–Kier alpha value is -1.32. The van der Waals surface area contributed by atoms with Crippen LogP contribution in [0.4, 0.5) is 11.6 Å². The van der Waals surface area contributed by atoms with Gasteiger partial charge >= 0.3 is 0 Å². The maximum absolute atomic E-state index is 6.08. The molecule has 0 atom stereocenters. The van der Waals surface area contributed by atoms with Crippen molar-refractivity contribution in [2.45, 2.75) is 45.4 Å². The Bertz CT molecular complexity index is 435. The zero-order valence-corrected chi connectivity index (χ0v) is 12.0. The first kappa shape index (κ1) is 12.7. The van der Waals surface area contributed by atoms with Gasteiger partial charge in [0.1, 0.15) is 18.0 Å². The third kappa shape index (κ3) is 2.99. The minimum Gasteiger partial charge on any atom is -0.383 e. The highest BCUT2D eigenvalue weighted by Gasteiger charge is 2.31. The van der Waals surface area contributed by atoms with Gasteiger partial charge < -0.3 is 10.6 Å². The number of nitrogens with two attached hydrogens (primary N) is 1. The Balaban J connectivity index is 1.88. The maximum atomic E-state index is 6.08. The van der Waals surface area contributed by atoms with Crippen molar-refractivity contribution < 1.29 is 0 Å². The fraction of sp³-hybridized carbons (Fsp3) is 0.733. The van der Waals surface area contributed by atoms with Crippen molar-refractivity contribution in [1.29, 1.82) is 0 Å². The van der Waals surface area contributed by atoms with Crippen molar-refractivity contribution in [1.82, 2.24) is 9.97 Å². The predicted octanol–water partition coefficient (Wildman–Crippen LogP) is 2.81. The summed E-state index contributed by atoms with van der Waals surface area (Å²) in [5.41, 5.74) is 7.20. The van der Waals surface area contributed by atoms with Crippen LogP contribution >= 0.6 is 0 Å². The number of nitrogen functional groups attached to an aromatic ring is 1. The van der Waals surface area contributed by atoms with E-state index in [0.29, 0.717) is 11.7 Å². The van der Waals surface area contributed by atoms with E-state index in [1.54, 1.807) is 6.33 Å². The smallest absolute Gasteiger partial charge is 0.137 e. The summed E-state index contributed by atoms with van der Waals surface area (Å²) >= 11 is 0. The molecule has 0 aromatic carbocycles. The highest BCUT2D eigenvalue weighted by Crippen LogP contribution is 2.38. The molecule has 1 aromatic rings. The zero-order chi connectivity index (χ0) is 13.4. The Morgan fingerprint density at radius 2 is 1.74 bits per heavy atom. The van der Waals surface area contributed by atoms with E-state index in [1.807, 2.05) is 0 Å². The van der Waals surface area contributed by atoms with Gasteiger partial charge in [-0.2, -0.15) is 0 Å². The van der Waals surface area contributed by atoms with Crippen LogP contribution in [0.15, 0.2) is 6.33 Å². The second-order valence-electron chi connectivity index (χ2n) is 6.44. The molecule has 1 heterocycles. The summed E-state index contributed by atoms with van der Waals surface area (Å²) in [5.74, 6) is 3.85. The van der Waals surface area contributed by atoms with Gasteiger partial charge in [0.25, 0.3) is 0 Å². The monoisotopic (exact) mass is 260 g/mol. The molecule has 0 spiro atoms. The van der Waals surface area contributed by atoms with E-state index in [4.69, 9.17) is 5.73 Å². The average molecular weight is 260 g/mol. The molecule has 0 radical (unpaired) electrons. The first-order valence-electron chi connectivity index (χ1n) is 7.50. The summed E-state index contributed by atoms with van der Waals surface area (Å²) < 4.78 is 0. The van der Waals surface area contributed by atoms with E-state index in [0.717, 1.165) is 36.3 Å². The molecule has 2 aliphatic carbocycles. The Morgan fingerprint density at radius 1 is 1.16 bits per heavy atom. The quantitative estimate of drug-likeness (QED) is 0.854. The molecule has 19 heavy (non-hydrogen) atoms. The molecule has 0 amide bonds. The average Bonchev–Trinajstić information content (AvgIpc) is 3.22. The molecule has 1 aromatic heterocycles. The van der Waals surface area contributed by atoms with Gasteiger partial charge in [0.15, 0.2) is 0 Å². The van der Waals surface area contributed by atoms with Crippen molar-refractivity contribution >= 4 is 11.6 Å². The molecule has 3 rings (SSSR count). The molecule has 104 valence electrons. The number of aromatic nitrogens is 2. The summed E-state index contributed by atoms with van der Waals surface area (Å²) in [4.78, 5) is 11.2. The minimum atomic E-state index is 0.372. The van der Waals surface area contributed by atoms with Gasteiger partial charge in [0.05, 0.1) is 0 Å². The van der Waals surface area contributed by atoms with Crippen LogP contribution in [0.5, 0.6) is 0 Å². The molecule has 4 nitrogen and oxygen atoms in total. The van der Waals surface area contributed by atoms with Crippen LogP contribution in [0.25, 0.3) is 0 Å². The van der Waals surface area contributed by atoms with E-state index in [1.165, 1.54) is 25.7 Å². The molecule has 0 bridgehead atoms. The van der Waals surface area contributed by atoms with E-state index in [2.05, 4.69) is 28.7 Å². The lowest BCUT2D eigenvalue weighted by molar-refractivity contribution is 0.662. The summed E-state index contributed by atoms with van der Waals surface area (Å²) in [6.07, 6.45) is 7.11. The second-order valence-corrected chi connectivity index (χ2v) is 6.44. The highest BCUT2D eigenvalue weighted by molar-refractivity contribution is 5.58. The van der Waals surface area contributed by atoms with Gasteiger partial charge in [-0.3, -0.25) is 0 Å². The third-order valence-electron chi connectivity index (χ3n) is 4.12. The summed E-state index contributed by atoms with van der Waals surface area (Å²) in [5, 5.41) is 0. The second kappa shape index (κ2) is 4.99. The molecule has 0 saturated heterocycles.